The van der Waals surface area contributed by atoms with E-state index in [1.807, 2.05) is 20.8 Å². The summed E-state index contributed by atoms with van der Waals surface area (Å²) in [6.45, 7) is 12.3. The number of ether oxygens (including phenoxy) is 1. The number of carbonyl (C=O) groups is 1. The van der Waals surface area contributed by atoms with E-state index in [0.717, 1.165) is 19.5 Å². The maximum atomic E-state index is 11.8. The number of rotatable bonds is 3. The summed E-state index contributed by atoms with van der Waals surface area (Å²) in [6.07, 6.45) is 0.980. The van der Waals surface area contributed by atoms with Crippen LogP contribution in [0.5, 0.6) is 0 Å². The fraction of sp³-hybridized carbons (Fsp3) is 0.923. The molecule has 0 radical (unpaired) electrons. The zero-order valence-corrected chi connectivity index (χ0v) is 11.7. The molecular formula is C13H26N2O2. The molecule has 1 aliphatic heterocycles. The van der Waals surface area contributed by atoms with Crippen molar-refractivity contribution < 1.29 is 9.53 Å². The molecule has 1 fully saturated rings. The molecule has 0 spiro atoms. The zero-order chi connectivity index (χ0) is 13.1. The van der Waals surface area contributed by atoms with Crippen molar-refractivity contribution in [2.24, 2.45) is 5.41 Å². The first kappa shape index (κ1) is 14.5. The topological polar surface area (TPSA) is 50.4 Å². The van der Waals surface area contributed by atoms with Crippen LogP contribution in [0.15, 0.2) is 0 Å². The number of hydrogen-bond acceptors (Lipinski definition) is 3. The van der Waals surface area contributed by atoms with Gasteiger partial charge in [-0.05, 0) is 39.2 Å². The van der Waals surface area contributed by atoms with E-state index in [4.69, 9.17) is 4.74 Å². The average Bonchev–Trinajstić information content (AvgIpc) is 2.17. The average molecular weight is 242 g/mol. The van der Waals surface area contributed by atoms with Gasteiger partial charge in [0.1, 0.15) is 6.61 Å². The van der Waals surface area contributed by atoms with Gasteiger partial charge in [-0.2, -0.15) is 0 Å². The van der Waals surface area contributed by atoms with Crippen LogP contribution < -0.4 is 10.6 Å². The molecule has 0 aromatic carbocycles. The van der Waals surface area contributed by atoms with Crippen LogP contribution in [-0.2, 0) is 9.53 Å². The summed E-state index contributed by atoms with van der Waals surface area (Å²) in [7, 11) is 0. The van der Waals surface area contributed by atoms with Crippen LogP contribution in [0.1, 0.15) is 41.0 Å². The van der Waals surface area contributed by atoms with E-state index in [1.54, 1.807) is 0 Å². The molecule has 1 unspecified atom stereocenters. The Bertz CT molecular complexity index is 269. The van der Waals surface area contributed by atoms with Gasteiger partial charge in [-0.25, -0.2) is 0 Å². The van der Waals surface area contributed by atoms with E-state index in [0.29, 0.717) is 0 Å². The molecule has 1 aliphatic rings. The highest BCUT2D eigenvalue weighted by atomic mass is 16.5. The number of carbonyl (C=O) groups excluding carboxylic acids is 1. The van der Waals surface area contributed by atoms with Crippen molar-refractivity contribution in [1.82, 2.24) is 10.6 Å². The lowest BCUT2D eigenvalue weighted by molar-refractivity contribution is -0.132. The number of amides is 1. The molecular weight excluding hydrogens is 216 g/mol. The lowest BCUT2D eigenvalue weighted by Gasteiger charge is -2.39. The molecule has 1 atom stereocenters. The molecule has 0 aromatic heterocycles. The van der Waals surface area contributed by atoms with Crippen LogP contribution in [0, 0.1) is 5.41 Å². The van der Waals surface area contributed by atoms with Crippen LogP contribution >= 0.6 is 0 Å². The molecule has 1 heterocycles. The third-order valence-corrected chi connectivity index (χ3v) is 3.11. The highest BCUT2D eigenvalue weighted by Crippen LogP contribution is 2.24. The summed E-state index contributed by atoms with van der Waals surface area (Å²) in [5.74, 6) is -0.0140. The Morgan fingerprint density at radius 1 is 1.47 bits per heavy atom. The third kappa shape index (κ3) is 5.04. The lowest BCUT2D eigenvalue weighted by Crippen LogP contribution is -2.55. The Hall–Kier alpha value is -0.610. The van der Waals surface area contributed by atoms with E-state index in [-0.39, 0.29) is 29.6 Å². The monoisotopic (exact) mass is 242 g/mol. The quantitative estimate of drug-likeness (QED) is 0.784. The van der Waals surface area contributed by atoms with Crippen molar-refractivity contribution in [3.63, 3.8) is 0 Å². The van der Waals surface area contributed by atoms with Gasteiger partial charge in [-0.15, -0.1) is 0 Å². The fourth-order valence-electron chi connectivity index (χ4n) is 1.96. The zero-order valence-electron chi connectivity index (χ0n) is 11.7. The first-order valence-electron chi connectivity index (χ1n) is 6.35. The molecule has 1 saturated heterocycles. The molecule has 4 heteroatoms. The molecule has 4 nitrogen and oxygen atoms in total. The smallest absolute Gasteiger partial charge is 0.246 e. The van der Waals surface area contributed by atoms with E-state index in [1.165, 1.54) is 0 Å². The van der Waals surface area contributed by atoms with Crippen molar-refractivity contribution in [2.45, 2.75) is 52.7 Å². The van der Waals surface area contributed by atoms with Crippen molar-refractivity contribution in [3.05, 3.63) is 0 Å². The van der Waals surface area contributed by atoms with Gasteiger partial charge in [0.15, 0.2) is 0 Å². The van der Waals surface area contributed by atoms with Gasteiger partial charge >= 0.3 is 0 Å². The van der Waals surface area contributed by atoms with Crippen LogP contribution in [0.4, 0.5) is 0 Å². The van der Waals surface area contributed by atoms with Gasteiger partial charge in [-0.1, -0.05) is 13.8 Å². The Morgan fingerprint density at radius 2 is 2.12 bits per heavy atom. The summed E-state index contributed by atoms with van der Waals surface area (Å²) >= 11 is 0. The summed E-state index contributed by atoms with van der Waals surface area (Å²) < 4.78 is 5.47. The second-order valence-electron chi connectivity index (χ2n) is 6.48. The van der Waals surface area contributed by atoms with E-state index in [2.05, 4.69) is 24.5 Å². The molecule has 0 aromatic rings. The van der Waals surface area contributed by atoms with Gasteiger partial charge < -0.3 is 15.4 Å². The van der Waals surface area contributed by atoms with Crippen LogP contribution in [-0.4, -0.2) is 37.2 Å². The second-order valence-corrected chi connectivity index (χ2v) is 6.48. The minimum atomic E-state index is -0.263. The number of nitrogens with one attached hydrogen (secondary N) is 2. The van der Waals surface area contributed by atoms with Crippen LogP contribution in [0.2, 0.25) is 0 Å². The van der Waals surface area contributed by atoms with Gasteiger partial charge in [0, 0.05) is 12.6 Å². The molecule has 1 rings (SSSR count). The maximum Gasteiger partial charge on any atom is 0.246 e. The molecule has 0 bridgehead atoms. The summed E-state index contributed by atoms with van der Waals surface area (Å²) in [5, 5.41) is 6.43. The van der Waals surface area contributed by atoms with Crippen molar-refractivity contribution in [1.29, 1.82) is 0 Å². The van der Waals surface area contributed by atoms with Gasteiger partial charge in [0.2, 0.25) is 5.91 Å². The fourth-order valence-corrected chi connectivity index (χ4v) is 1.96. The molecule has 0 aliphatic carbocycles. The van der Waals surface area contributed by atoms with E-state index >= 15 is 0 Å². The van der Waals surface area contributed by atoms with E-state index < -0.39 is 0 Å². The SMILES string of the molecule is CC(C)(C)OCC(=O)NC1CCNCC1(C)C. The number of hydrogen-bond donors (Lipinski definition) is 2. The predicted molar refractivity (Wildman–Crippen MR) is 68.9 cm³/mol. The lowest BCUT2D eigenvalue weighted by atomic mass is 9.80. The first-order valence-corrected chi connectivity index (χ1v) is 6.35. The Balaban J connectivity index is 2.40. The van der Waals surface area contributed by atoms with Gasteiger partial charge in [0.25, 0.3) is 0 Å². The minimum absolute atomic E-state index is 0.0140. The van der Waals surface area contributed by atoms with Gasteiger partial charge in [-0.3, -0.25) is 4.79 Å². The Kier molecular flexibility index (Phi) is 4.55. The Morgan fingerprint density at radius 3 is 2.65 bits per heavy atom. The van der Waals surface area contributed by atoms with Crippen molar-refractivity contribution in [3.8, 4) is 0 Å². The first-order chi connectivity index (χ1) is 7.71. The maximum absolute atomic E-state index is 11.8. The molecule has 1 amide bonds. The summed E-state index contributed by atoms with van der Waals surface area (Å²) in [6, 6.07) is 0.236. The Labute approximate surface area is 104 Å². The molecule has 100 valence electrons. The van der Waals surface area contributed by atoms with Crippen molar-refractivity contribution in [2.75, 3.05) is 19.7 Å². The molecule has 17 heavy (non-hydrogen) atoms. The van der Waals surface area contributed by atoms with Gasteiger partial charge in [0.05, 0.1) is 5.60 Å². The molecule has 2 N–H and O–H groups in total. The van der Waals surface area contributed by atoms with Crippen LogP contribution in [0.25, 0.3) is 0 Å². The third-order valence-electron chi connectivity index (χ3n) is 3.11. The normalized spacial score (nSPS) is 24.4. The number of piperidine rings is 1. The standard InChI is InChI=1S/C13H26N2O2/c1-12(2,3)17-8-11(16)15-10-6-7-14-9-13(10,4)5/h10,14H,6-9H2,1-5H3,(H,15,16). The largest absolute Gasteiger partial charge is 0.366 e. The summed E-state index contributed by atoms with van der Waals surface area (Å²) in [4.78, 5) is 11.8. The highest BCUT2D eigenvalue weighted by molar-refractivity contribution is 5.77. The molecule has 0 saturated carbocycles. The second kappa shape index (κ2) is 5.36. The summed E-state index contributed by atoms with van der Waals surface area (Å²) in [5.41, 5.74) is -0.156. The van der Waals surface area contributed by atoms with Crippen LogP contribution in [0.3, 0.4) is 0 Å². The van der Waals surface area contributed by atoms with E-state index in [9.17, 15) is 4.79 Å². The van der Waals surface area contributed by atoms with Crippen molar-refractivity contribution >= 4 is 5.91 Å². The predicted octanol–water partition coefficient (Wildman–Crippen LogP) is 1.31. The highest BCUT2D eigenvalue weighted by Gasteiger charge is 2.33. The minimum Gasteiger partial charge on any atom is -0.366 e.